The second-order valence-corrected chi connectivity index (χ2v) is 5.50. The topological polar surface area (TPSA) is 105 Å². The maximum absolute atomic E-state index is 12.3. The van der Waals surface area contributed by atoms with E-state index in [2.05, 4.69) is 15.0 Å². The van der Waals surface area contributed by atoms with E-state index in [9.17, 15) is 9.59 Å². The van der Waals surface area contributed by atoms with Gasteiger partial charge in [0.05, 0.1) is 6.20 Å². The number of amides is 1. The molecular formula is C15H17N5O2. The maximum Gasteiger partial charge on any atom is 0.273 e. The number of carbonyl (C=O) groups is 1. The Morgan fingerprint density at radius 1 is 1.36 bits per heavy atom. The number of pyridine rings is 1. The van der Waals surface area contributed by atoms with E-state index in [0.717, 1.165) is 24.6 Å². The molecule has 1 saturated heterocycles. The summed E-state index contributed by atoms with van der Waals surface area (Å²) in [4.78, 5) is 35.5. The number of carbonyl (C=O) groups excluding carboxylic acids is 1. The zero-order chi connectivity index (χ0) is 15.5. The van der Waals surface area contributed by atoms with Gasteiger partial charge in [0.15, 0.2) is 0 Å². The van der Waals surface area contributed by atoms with E-state index in [1.807, 2.05) is 6.07 Å². The van der Waals surface area contributed by atoms with E-state index in [1.165, 1.54) is 6.20 Å². The standard InChI is InChI=1S/C15H17N5O2/c16-13-2-1-10(6-18-13)5-11-3-4-20(9-11)15(22)12-7-19-14(21)8-17-12/h1-2,6-8,11H,3-5,9H2,(H2,16,18)(H,19,21). The van der Waals surface area contributed by atoms with E-state index in [1.54, 1.807) is 17.2 Å². The summed E-state index contributed by atoms with van der Waals surface area (Å²) in [5, 5.41) is 0. The summed E-state index contributed by atoms with van der Waals surface area (Å²) in [5.41, 5.74) is 6.66. The minimum atomic E-state index is -0.313. The molecule has 3 N–H and O–H groups in total. The third-order valence-electron chi connectivity index (χ3n) is 3.84. The van der Waals surface area contributed by atoms with Gasteiger partial charge in [-0.25, -0.2) is 9.97 Å². The summed E-state index contributed by atoms with van der Waals surface area (Å²) in [6.07, 6.45) is 6.08. The van der Waals surface area contributed by atoms with Crippen LogP contribution in [0.1, 0.15) is 22.5 Å². The third kappa shape index (κ3) is 3.13. The molecule has 1 unspecified atom stereocenters. The van der Waals surface area contributed by atoms with Crippen molar-refractivity contribution >= 4 is 11.7 Å². The predicted octanol–water partition coefficient (Wildman–Crippen LogP) is 0.452. The van der Waals surface area contributed by atoms with Crippen LogP contribution in [0.3, 0.4) is 0 Å². The van der Waals surface area contributed by atoms with Crippen molar-refractivity contribution in [2.45, 2.75) is 12.8 Å². The van der Waals surface area contributed by atoms with Crippen molar-refractivity contribution in [2.24, 2.45) is 5.92 Å². The number of rotatable bonds is 3. The molecule has 1 aliphatic rings. The zero-order valence-corrected chi connectivity index (χ0v) is 12.0. The van der Waals surface area contributed by atoms with Crippen molar-refractivity contribution in [1.82, 2.24) is 19.9 Å². The summed E-state index contributed by atoms with van der Waals surface area (Å²) in [5.74, 6) is 0.766. The molecule has 2 aromatic rings. The quantitative estimate of drug-likeness (QED) is 0.856. The summed E-state index contributed by atoms with van der Waals surface area (Å²) >= 11 is 0. The summed E-state index contributed by atoms with van der Waals surface area (Å²) in [6.45, 7) is 1.39. The Hall–Kier alpha value is -2.70. The molecule has 0 spiro atoms. The SMILES string of the molecule is Nc1ccc(CC2CCN(C(=O)c3c[nH]c(=O)cn3)C2)cn1. The molecule has 0 saturated carbocycles. The number of H-pyrrole nitrogens is 1. The fourth-order valence-electron chi connectivity index (χ4n) is 2.69. The molecule has 7 nitrogen and oxygen atoms in total. The molecule has 0 radical (unpaired) electrons. The van der Waals surface area contributed by atoms with E-state index < -0.39 is 0 Å². The Morgan fingerprint density at radius 2 is 2.23 bits per heavy atom. The molecule has 3 heterocycles. The first kappa shape index (κ1) is 14.2. The first-order valence-electron chi connectivity index (χ1n) is 7.16. The van der Waals surface area contributed by atoms with Crippen molar-refractivity contribution in [3.05, 3.63) is 52.3 Å². The lowest BCUT2D eigenvalue weighted by Gasteiger charge is -2.15. The maximum atomic E-state index is 12.3. The second-order valence-electron chi connectivity index (χ2n) is 5.50. The lowest BCUT2D eigenvalue weighted by molar-refractivity contribution is 0.0780. The molecule has 1 fully saturated rings. The highest BCUT2D eigenvalue weighted by Gasteiger charge is 2.27. The van der Waals surface area contributed by atoms with Crippen LogP contribution in [0.2, 0.25) is 0 Å². The molecule has 0 aliphatic carbocycles. The first-order chi connectivity index (χ1) is 10.6. The number of nitrogens with one attached hydrogen (secondary N) is 1. The van der Waals surface area contributed by atoms with Gasteiger partial charge in [0.2, 0.25) is 0 Å². The fraction of sp³-hybridized carbons (Fsp3) is 0.333. The van der Waals surface area contributed by atoms with Gasteiger partial charge in [0.1, 0.15) is 11.5 Å². The number of aromatic amines is 1. The number of hydrogen-bond acceptors (Lipinski definition) is 5. The molecule has 0 aromatic carbocycles. The van der Waals surface area contributed by atoms with E-state index in [-0.39, 0.29) is 17.2 Å². The molecule has 1 atom stereocenters. The Balaban J connectivity index is 1.62. The molecular weight excluding hydrogens is 282 g/mol. The lowest BCUT2D eigenvalue weighted by atomic mass is 10.00. The van der Waals surface area contributed by atoms with Crippen LogP contribution in [0, 0.1) is 5.92 Å². The molecule has 0 bridgehead atoms. The van der Waals surface area contributed by atoms with Gasteiger partial charge < -0.3 is 15.6 Å². The van der Waals surface area contributed by atoms with Crippen LogP contribution in [0.5, 0.6) is 0 Å². The number of anilines is 1. The van der Waals surface area contributed by atoms with E-state index in [0.29, 0.717) is 24.8 Å². The van der Waals surface area contributed by atoms with Crippen molar-refractivity contribution < 1.29 is 4.79 Å². The second kappa shape index (κ2) is 5.97. The average molecular weight is 299 g/mol. The highest BCUT2D eigenvalue weighted by Crippen LogP contribution is 2.22. The molecule has 7 heteroatoms. The van der Waals surface area contributed by atoms with Gasteiger partial charge in [0, 0.05) is 25.5 Å². The van der Waals surface area contributed by atoms with Crippen LogP contribution in [0.4, 0.5) is 5.82 Å². The van der Waals surface area contributed by atoms with Gasteiger partial charge in [-0.1, -0.05) is 6.07 Å². The van der Waals surface area contributed by atoms with E-state index in [4.69, 9.17) is 5.73 Å². The van der Waals surface area contributed by atoms with Gasteiger partial charge in [-0.05, 0) is 30.4 Å². The number of hydrogen-bond donors (Lipinski definition) is 2. The highest BCUT2D eigenvalue weighted by molar-refractivity contribution is 5.92. The summed E-state index contributed by atoms with van der Waals surface area (Å²) in [7, 11) is 0. The Bertz CT molecular complexity index is 705. The smallest absolute Gasteiger partial charge is 0.273 e. The highest BCUT2D eigenvalue weighted by atomic mass is 16.2. The summed E-state index contributed by atoms with van der Waals surface area (Å²) in [6, 6.07) is 3.76. The van der Waals surface area contributed by atoms with Crippen molar-refractivity contribution in [2.75, 3.05) is 18.8 Å². The molecule has 3 rings (SSSR count). The third-order valence-corrected chi connectivity index (χ3v) is 3.84. The number of likely N-dealkylation sites (tertiary alicyclic amines) is 1. The molecule has 1 amide bonds. The van der Waals surface area contributed by atoms with Gasteiger partial charge in [-0.15, -0.1) is 0 Å². The molecule has 114 valence electrons. The Morgan fingerprint density at radius 3 is 2.91 bits per heavy atom. The van der Waals surface area contributed by atoms with Crippen LogP contribution in [0.25, 0.3) is 0 Å². The number of nitrogens with zero attached hydrogens (tertiary/aromatic N) is 3. The van der Waals surface area contributed by atoms with Gasteiger partial charge in [0.25, 0.3) is 11.5 Å². The minimum Gasteiger partial charge on any atom is -0.384 e. The van der Waals surface area contributed by atoms with Gasteiger partial charge in [-0.2, -0.15) is 0 Å². The van der Waals surface area contributed by atoms with Crippen LogP contribution in [0.15, 0.2) is 35.5 Å². The zero-order valence-electron chi connectivity index (χ0n) is 12.0. The monoisotopic (exact) mass is 299 g/mol. The number of nitrogens with two attached hydrogens (primary N) is 1. The fourth-order valence-corrected chi connectivity index (χ4v) is 2.69. The molecule has 22 heavy (non-hydrogen) atoms. The van der Waals surface area contributed by atoms with Gasteiger partial charge in [-0.3, -0.25) is 9.59 Å². The van der Waals surface area contributed by atoms with Crippen LogP contribution in [-0.4, -0.2) is 38.8 Å². The van der Waals surface area contributed by atoms with Crippen molar-refractivity contribution in [3.63, 3.8) is 0 Å². The van der Waals surface area contributed by atoms with Crippen molar-refractivity contribution in [3.8, 4) is 0 Å². The first-order valence-corrected chi connectivity index (χ1v) is 7.16. The van der Waals surface area contributed by atoms with E-state index >= 15 is 0 Å². The van der Waals surface area contributed by atoms with Crippen molar-refractivity contribution in [1.29, 1.82) is 0 Å². The van der Waals surface area contributed by atoms with Crippen LogP contribution < -0.4 is 11.3 Å². The van der Waals surface area contributed by atoms with Crippen LogP contribution in [-0.2, 0) is 6.42 Å². The normalized spacial score (nSPS) is 17.6. The van der Waals surface area contributed by atoms with Crippen LogP contribution >= 0.6 is 0 Å². The average Bonchev–Trinajstić information content (AvgIpc) is 2.98. The minimum absolute atomic E-state index is 0.144. The predicted molar refractivity (Wildman–Crippen MR) is 81.2 cm³/mol. The Kier molecular flexibility index (Phi) is 3.86. The Labute approximate surface area is 127 Å². The molecule has 2 aromatic heterocycles. The largest absolute Gasteiger partial charge is 0.384 e. The number of aromatic nitrogens is 3. The lowest BCUT2D eigenvalue weighted by Crippen LogP contribution is -2.30. The molecule has 1 aliphatic heterocycles. The number of nitrogen functional groups attached to an aromatic ring is 1. The van der Waals surface area contributed by atoms with Gasteiger partial charge >= 0.3 is 0 Å². The summed E-state index contributed by atoms with van der Waals surface area (Å²) < 4.78 is 0.